The molecule has 0 saturated heterocycles. The quantitative estimate of drug-likeness (QED) is 0.883. The molecule has 1 saturated carbocycles. The van der Waals surface area contributed by atoms with Crippen LogP contribution in [-0.2, 0) is 5.54 Å². The zero-order valence-corrected chi connectivity index (χ0v) is 13.9. The molecular formula is C17H25N5O. The fraction of sp³-hybridized carbons (Fsp3) is 0.588. The highest BCUT2D eigenvalue weighted by Gasteiger charge is 2.38. The van der Waals surface area contributed by atoms with E-state index in [1.54, 1.807) is 0 Å². The summed E-state index contributed by atoms with van der Waals surface area (Å²) in [5.74, 6) is 0.864. The Labute approximate surface area is 136 Å². The van der Waals surface area contributed by atoms with Gasteiger partial charge in [0.15, 0.2) is 5.82 Å². The highest BCUT2D eigenvalue weighted by Crippen LogP contribution is 2.37. The van der Waals surface area contributed by atoms with Crippen LogP contribution < -0.4 is 5.32 Å². The van der Waals surface area contributed by atoms with Crippen molar-refractivity contribution >= 4 is 0 Å². The van der Waals surface area contributed by atoms with Crippen molar-refractivity contribution in [1.82, 2.24) is 25.5 Å². The summed E-state index contributed by atoms with van der Waals surface area (Å²) in [7, 11) is 0. The second-order valence-corrected chi connectivity index (χ2v) is 6.45. The Morgan fingerprint density at radius 2 is 1.87 bits per heavy atom. The van der Waals surface area contributed by atoms with Gasteiger partial charge in [0.25, 0.3) is 0 Å². The molecule has 0 bridgehead atoms. The SMILES string of the molecule is Cc1cccc(C)c1-n1nnnc1C1(NCCO)CCCCC1. The number of benzene rings is 1. The summed E-state index contributed by atoms with van der Waals surface area (Å²) in [6.07, 6.45) is 5.54. The van der Waals surface area contributed by atoms with E-state index in [1.165, 1.54) is 6.42 Å². The van der Waals surface area contributed by atoms with E-state index in [4.69, 9.17) is 0 Å². The van der Waals surface area contributed by atoms with Gasteiger partial charge in [-0.2, -0.15) is 4.68 Å². The lowest BCUT2D eigenvalue weighted by molar-refractivity contribution is 0.192. The van der Waals surface area contributed by atoms with Crippen LogP contribution in [0, 0.1) is 13.8 Å². The number of tetrazole rings is 1. The minimum absolute atomic E-state index is 0.118. The third-order valence-corrected chi connectivity index (χ3v) is 4.83. The largest absolute Gasteiger partial charge is 0.395 e. The van der Waals surface area contributed by atoms with Crippen LogP contribution in [0.2, 0.25) is 0 Å². The van der Waals surface area contributed by atoms with Crippen molar-refractivity contribution in [3.63, 3.8) is 0 Å². The Kier molecular flexibility index (Phi) is 4.73. The van der Waals surface area contributed by atoms with Crippen LogP contribution in [0.1, 0.15) is 49.1 Å². The number of aromatic nitrogens is 4. The monoisotopic (exact) mass is 315 g/mol. The third kappa shape index (κ3) is 3.01. The first-order valence-corrected chi connectivity index (χ1v) is 8.39. The van der Waals surface area contributed by atoms with Crippen LogP contribution in [0.25, 0.3) is 5.69 Å². The molecule has 0 amide bonds. The number of rotatable bonds is 5. The number of hydrogen-bond acceptors (Lipinski definition) is 5. The van der Waals surface area contributed by atoms with E-state index < -0.39 is 0 Å². The lowest BCUT2D eigenvalue weighted by atomic mass is 9.80. The van der Waals surface area contributed by atoms with Gasteiger partial charge in [0, 0.05) is 6.54 Å². The minimum Gasteiger partial charge on any atom is -0.395 e. The minimum atomic E-state index is -0.251. The molecule has 1 aliphatic carbocycles. The highest BCUT2D eigenvalue weighted by atomic mass is 16.3. The normalized spacial score (nSPS) is 17.3. The van der Waals surface area contributed by atoms with Crippen molar-refractivity contribution in [2.24, 2.45) is 0 Å². The van der Waals surface area contributed by atoms with Gasteiger partial charge < -0.3 is 10.4 Å². The predicted octanol–water partition coefficient (Wildman–Crippen LogP) is 2.02. The van der Waals surface area contributed by atoms with Gasteiger partial charge in [0.2, 0.25) is 0 Å². The van der Waals surface area contributed by atoms with E-state index in [-0.39, 0.29) is 12.1 Å². The number of aliphatic hydroxyl groups excluding tert-OH is 1. The molecule has 6 nitrogen and oxygen atoms in total. The summed E-state index contributed by atoms with van der Waals surface area (Å²) in [5, 5.41) is 25.4. The number of nitrogens with one attached hydrogen (secondary N) is 1. The maximum atomic E-state index is 9.26. The first kappa shape index (κ1) is 16.1. The number of para-hydroxylation sites is 1. The molecule has 3 rings (SSSR count). The lowest BCUT2D eigenvalue weighted by Crippen LogP contribution is -2.47. The lowest BCUT2D eigenvalue weighted by Gasteiger charge is -2.37. The topological polar surface area (TPSA) is 75.9 Å². The molecule has 6 heteroatoms. The maximum absolute atomic E-state index is 9.26. The Bertz CT molecular complexity index is 641. The highest BCUT2D eigenvalue weighted by molar-refractivity contribution is 5.47. The van der Waals surface area contributed by atoms with Crippen molar-refractivity contribution in [3.8, 4) is 5.69 Å². The molecule has 124 valence electrons. The molecule has 23 heavy (non-hydrogen) atoms. The summed E-state index contributed by atoms with van der Waals surface area (Å²) in [6, 6.07) is 6.23. The van der Waals surface area contributed by atoms with Crippen LogP contribution in [0.5, 0.6) is 0 Å². The molecule has 0 radical (unpaired) electrons. The van der Waals surface area contributed by atoms with Crippen LogP contribution >= 0.6 is 0 Å². The third-order valence-electron chi connectivity index (χ3n) is 4.83. The molecule has 1 fully saturated rings. The molecule has 0 aliphatic heterocycles. The van der Waals surface area contributed by atoms with Crippen molar-refractivity contribution in [3.05, 3.63) is 35.2 Å². The fourth-order valence-corrected chi connectivity index (χ4v) is 3.71. The molecule has 0 spiro atoms. The van der Waals surface area contributed by atoms with E-state index in [0.29, 0.717) is 6.54 Å². The molecule has 0 atom stereocenters. The van der Waals surface area contributed by atoms with Crippen molar-refractivity contribution in [1.29, 1.82) is 0 Å². The Morgan fingerprint density at radius 3 is 2.52 bits per heavy atom. The molecule has 1 aromatic heterocycles. The average Bonchev–Trinajstić information content (AvgIpc) is 3.04. The fourth-order valence-electron chi connectivity index (χ4n) is 3.71. The van der Waals surface area contributed by atoms with Crippen LogP contribution in [-0.4, -0.2) is 38.5 Å². The second-order valence-electron chi connectivity index (χ2n) is 6.45. The molecular weight excluding hydrogens is 290 g/mol. The molecule has 1 aromatic carbocycles. The Balaban J connectivity index is 2.07. The Morgan fingerprint density at radius 1 is 1.17 bits per heavy atom. The first-order valence-electron chi connectivity index (χ1n) is 8.39. The standard InChI is InChI=1S/C17H25N5O/c1-13-7-6-8-14(2)15(13)22-16(19-20-21-22)17(18-11-12-23)9-4-3-5-10-17/h6-8,18,23H,3-5,9-12H2,1-2H3. The van der Waals surface area contributed by atoms with Crippen molar-refractivity contribution in [2.45, 2.75) is 51.5 Å². The maximum Gasteiger partial charge on any atom is 0.176 e. The molecule has 2 aromatic rings. The Hall–Kier alpha value is -1.79. The van der Waals surface area contributed by atoms with E-state index in [1.807, 2.05) is 4.68 Å². The number of nitrogens with zero attached hydrogens (tertiary/aromatic N) is 4. The summed E-state index contributed by atoms with van der Waals surface area (Å²) in [5.41, 5.74) is 3.13. The van der Waals surface area contributed by atoms with Gasteiger partial charge in [-0.05, 0) is 48.2 Å². The summed E-state index contributed by atoms with van der Waals surface area (Å²) < 4.78 is 1.89. The van der Waals surface area contributed by atoms with E-state index in [0.717, 1.165) is 48.3 Å². The average molecular weight is 315 g/mol. The number of hydrogen-bond donors (Lipinski definition) is 2. The zero-order valence-electron chi connectivity index (χ0n) is 13.9. The second kappa shape index (κ2) is 6.76. The summed E-state index contributed by atoms with van der Waals surface area (Å²) >= 11 is 0. The summed E-state index contributed by atoms with van der Waals surface area (Å²) in [4.78, 5) is 0. The van der Waals surface area contributed by atoms with Gasteiger partial charge >= 0.3 is 0 Å². The van der Waals surface area contributed by atoms with Gasteiger partial charge in [0.1, 0.15) is 0 Å². The van der Waals surface area contributed by atoms with Crippen LogP contribution in [0.15, 0.2) is 18.2 Å². The first-order chi connectivity index (χ1) is 11.2. The van der Waals surface area contributed by atoms with Gasteiger partial charge in [-0.15, -0.1) is 5.10 Å². The molecule has 1 aliphatic rings. The molecule has 2 N–H and O–H groups in total. The smallest absolute Gasteiger partial charge is 0.176 e. The van der Waals surface area contributed by atoms with Gasteiger partial charge in [-0.3, -0.25) is 0 Å². The summed E-state index contributed by atoms with van der Waals surface area (Å²) in [6.45, 7) is 4.84. The number of aryl methyl sites for hydroxylation is 2. The van der Waals surface area contributed by atoms with Crippen LogP contribution in [0.3, 0.4) is 0 Å². The zero-order chi connectivity index (χ0) is 16.3. The number of aliphatic hydroxyl groups is 1. The molecule has 0 unspecified atom stereocenters. The predicted molar refractivity (Wildman–Crippen MR) is 88.5 cm³/mol. The van der Waals surface area contributed by atoms with E-state index >= 15 is 0 Å². The van der Waals surface area contributed by atoms with Crippen molar-refractivity contribution < 1.29 is 5.11 Å². The van der Waals surface area contributed by atoms with Gasteiger partial charge in [0.05, 0.1) is 17.8 Å². The van der Waals surface area contributed by atoms with Crippen molar-refractivity contribution in [2.75, 3.05) is 13.2 Å². The van der Waals surface area contributed by atoms with Crippen LogP contribution in [0.4, 0.5) is 0 Å². The van der Waals surface area contributed by atoms with Gasteiger partial charge in [-0.1, -0.05) is 37.5 Å². The molecule has 1 heterocycles. The van der Waals surface area contributed by atoms with Gasteiger partial charge in [-0.25, -0.2) is 0 Å². The van der Waals surface area contributed by atoms with E-state index in [2.05, 4.69) is 52.9 Å². The van der Waals surface area contributed by atoms with E-state index in [9.17, 15) is 5.11 Å².